The van der Waals surface area contributed by atoms with Crippen molar-refractivity contribution in [2.75, 3.05) is 12.0 Å². The number of rotatable bonds is 4. The van der Waals surface area contributed by atoms with Crippen molar-refractivity contribution in [2.45, 2.75) is 13.0 Å². The first-order valence-corrected chi connectivity index (χ1v) is 7.24. The molecule has 2 unspecified atom stereocenters. The van der Waals surface area contributed by atoms with Crippen molar-refractivity contribution in [1.29, 1.82) is 0 Å². The second-order valence-electron chi connectivity index (χ2n) is 3.45. The highest BCUT2D eigenvalue weighted by atomic mass is 79.9. The molecule has 2 atom stereocenters. The van der Waals surface area contributed by atoms with Gasteiger partial charge in [0.2, 0.25) is 0 Å². The molecule has 0 aliphatic heterocycles. The van der Waals surface area contributed by atoms with Crippen LogP contribution < -0.4 is 5.32 Å². The molecule has 1 rings (SSSR count). The molecule has 0 aliphatic rings. The Morgan fingerprint density at radius 3 is 2.94 bits per heavy atom. The van der Waals surface area contributed by atoms with Gasteiger partial charge in [-0.25, -0.2) is 4.98 Å². The molecule has 4 nitrogen and oxygen atoms in total. The Morgan fingerprint density at radius 1 is 1.69 bits per heavy atom. The van der Waals surface area contributed by atoms with E-state index in [1.165, 1.54) is 0 Å². The summed E-state index contributed by atoms with van der Waals surface area (Å²) in [6, 6.07) is 3.36. The molecule has 6 heteroatoms. The van der Waals surface area contributed by atoms with Gasteiger partial charge < -0.3 is 5.32 Å². The highest BCUT2D eigenvalue weighted by molar-refractivity contribution is 9.10. The summed E-state index contributed by atoms with van der Waals surface area (Å²) < 4.78 is 11.6. The third-order valence-corrected chi connectivity index (χ3v) is 3.45. The van der Waals surface area contributed by atoms with Gasteiger partial charge in [0.25, 0.3) is 5.91 Å². The number of amides is 1. The van der Waals surface area contributed by atoms with Crippen LogP contribution in [0.3, 0.4) is 0 Å². The van der Waals surface area contributed by atoms with E-state index in [2.05, 4.69) is 26.2 Å². The second-order valence-corrected chi connectivity index (χ2v) is 5.78. The maximum Gasteiger partial charge on any atom is 0.271 e. The number of carbonyl (C=O) groups is 1. The summed E-state index contributed by atoms with van der Waals surface area (Å²) in [5.74, 6) is 0.182. The van der Waals surface area contributed by atoms with Gasteiger partial charge in [0.05, 0.1) is 0 Å². The van der Waals surface area contributed by atoms with Crippen molar-refractivity contribution < 1.29 is 9.00 Å². The number of halogens is 1. The van der Waals surface area contributed by atoms with E-state index in [0.717, 1.165) is 0 Å². The Balaban J connectivity index is 2.66. The summed E-state index contributed by atoms with van der Waals surface area (Å²) in [4.78, 5) is 15.7. The zero-order valence-corrected chi connectivity index (χ0v) is 11.5. The van der Waals surface area contributed by atoms with Gasteiger partial charge in [-0.3, -0.25) is 9.00 Å². The second kappa shape index (κ2) is 6.10. The van der Waals surface area contributed by atoms with Crippen molar-refractivity contribution in [3.05, 3.63) is 28.5 Å². The lowest BCUT2D eigenvalue weighted by Crippen LogP contribution is -2.36. The fourth-order valence-electron chi connectivity index (χ4n) is 1.24. The number of nitrogens with zero attached hydrogens (tertiary/aromatic N) is 1. The van der Waals surface area contributed by atoms with Gasteiger partial charge in [-0.1, -0.05) is 0 Å². The van der Waals surface area contributed by atoms with E-state index < -0.39 is 10.8 Å². The number of nitrogens with one attached hydrogen (secondary N) is 1. The zero-order chi connectivity index (χ0) is 12.1. The Bertz CT molecular complexity index is 412. The van der Waals surface area contributed by atoms with Gasteiger partial charge >= 0.3 is 0 Å². The van der Waals surface area contributed by atoms with Crippen LogP contribution in [-0.2, 0) is 10.8 Å². The molecule has 88 valence electrons. The van der Waals surface area contributed by atoms with E-state index in [0.29, 0.717) is 15.9 Å². The van der Waals surface area contributed by atoms with Crippen LogP contribution >= 0.6 is 15.9 Å². The zero-order valence-electron chi connectivity index (χ0n) is 9.07. The van der Waals surface area contributed by atoms with Crippen LogP contribution in [0, 0.1) is 0 Å². The molecule has 1 aromatic rings. The standard InChI is InChI=1S/C10H13BrN2O2S/c1-7(6-16(2)15)13-10(14)9-8(11)4-3-5-12-9/h3-5,7H,6H2,1-2H3,(H,13,14). The van der Waals surface area contributed by atoms with Gasteiger partial charge in [0.15, 0.2) is 0 Å². The van der Waals surface area contributed by atoms with Crippen LogP contribution in [0.5, 0.6) is 0 Å². The average Bonchev–Trinajstić information content (AvgIpc) is 2.16. The number of aromatic nitrogens is 1. The molecule has 0 aromatic carbocycles. The molecule has 0 fully saturated rings. The maximum absolute atomic E-state index is 11.8. The minimum Gasteiger partial charge on any atom is -0.347 e. The smallest absolute Gasteiger partial charge is 0.271 e. The molecule has 1 heterocycles. The highest BCUT2D eigenvalue weighted by Gasteiger charge is 2.14. The van der Waals surface area contributed by atoms with E-state index in [9.17, 15) is 9.00 Å². The largest absolute Gasteiger partial charge is 0.347 e. The third-order valence-electron chi connectivity index (χ3n) is 1.84. The minimum atomic E-state index is -0.921. The molecule has 0 bridgehead atoms. The number of hydrogen-bond acceptors (Lipinski definition) is 3. The summed E-state index contributed by atoms with van der Waals surface area (Å²) in [5, 5.41) is 2.74. The summed E-state index contributed by atoms with van der Waals surface area (Å²) in [7, 11) is -0.921. The van der Waals surface area contributed by atoms with Crippen molar-refractivity contribution in [1.82, 2.24) is 10.3 Å². The molecular weight excluding hydrogens is 292 g/mol. The van der Waals surface area contributed by atoms with Crippen LogP contribution in [0.15, 0.2) is 22.8 Å². The fourth-order valence-corrected chi connectivity index (χ4v) is 2.46. The molecule has 1 N–H and O–H groups in total. The Hall–Kier alpha value is -0.750. The van der Waals surface area contributed by atoms with Crippen LogP contribution in [0.1, 0.15) is 17.4 Å². The minimum absolute atomic E-state index is 0.132. The average molecular weight is 305 g/mol. The molecule has 1 aromatic heterocycles. The van der Waals surface area contributed by atoms with Gasteiger partial charge in [-0.05, 0) is 35.0 Å². The van der Waals surface area contributed by atoms with Gasteiger partial charge in [-0.2, -0.15) is 0 Å². The molecular formula is C10H13BrN2O2S. The SMILES string of the molecule is CC(CS(C)=O)NC(=O)c1ncccc1Br. The first kappa shape index (κ1) is 13.3. The fraction of sp³-hybridized carbons (Fsp3) is 0.400. The highest BCUT2D eigenvalue weighted by Crippen LogP contribution is 2.12. The predicted molar refractivity (Wildman–Crippen MR) is 67.8 cm³/mol. The lowest BCUT2D eigenvalue weighted by Gasteiger charge is -2.12. The summed E-state index contributed by atoms with van der Waals surface area (Å²) >= 11 is 3.25. The van der Waals surface area contributed by atoms with Crippen molar-refractivity contribution in [3.8, 4) is 0 Å². The normalized spacial score (nSPS) is 14.2. The Morgan fingerprint density at radius 2 is 2.38 bits per heavy atom. The van der Waals surface area contributed by atoms with Gasteiger partial charge in [0, 0.05) is 39.5 Å². The van der Waals surface area contributed by atoms with Crippen LogP contribution in [0.4, 0.5) is 0 Å². The third kappa shape index (κ3) is 4.02. The van der Waals surface area contributed by atoms with Crippen LogP contribution in [0.2, 0.25) is 0 Å². The predicted octanol–water partition coefficient (Wildman–Crippen LogP) is 1.34. The first-order valence-electron chi connectivity index (χ1n) is 4.72. The van der Waals surface area contributed by atoms with Crippen molar-refractivity contribution >= 4 is 32.6 Å². The molecule has 16 heavy (non-hydrogen) atoms. The van der Waals surface area contributed by atoms with Gasteiger partial charge in [-0.15, -0.1) is 0 Å². The summed E-state index contributed by atoms with van der Waals surface area (Å²) in [5.41, 5.74) is 0.344. The molecule has 0 aliphatic carbocycles. The molecule has 0 saturated heterocycles. The summed E-state index contributed by atoms with van der Waals surface area (Å²) in [6.45, 7) is 1.82. The Kier molecular flexibility index (Phi) is 5.08. The molecule has 0 saturated carbocycles. The van der Waals surface area contributed by atoms with Crippen LogP contribution in [0.25, 0.3) is 0 Å². The maximum atomic E-state index is 11.8. The van der Waals surface area contributed by atoms with E-state index in [4.69, 9.17) is 0 Å². The lowest BCUT2D eigenvalue weighted by molar-refractivity contribution is 0.0938. The van der Waals surface area contributed by atoms with E-state index in [-0.39, 0.29) is 11.9 Å². The summed E-state index contributed by atoms with van der Waals surface area (Å²) in [6.07, 6.45) is 3.17. The van der Waals surface area contributed by atoms with Crippen molar-refractivity contribution in [2.24, 2.45) is 0 Å². The van der Waals surface area contributed by atoms with Crippen molar-refractivity contribution in [3.63, 3.8) is 0 Å². The van der Waals surface area contributed by atoms with Gasteiger partial charge in [0.1, 0.15) is 5.69 Å². The topological polar surface area (TPSA) is 59.1 Å². The lowest BCUT2D eigenvalue weighted by atomic mass is 10.3. The van der Waals surface area contributed by atoms with E-state index in [1.54, 1.807) is 24.6 Å². The first-order chi connectivity index (χ1) is 7.50. The van der Waals surface area contributed by atoms with E-state index in [1.807, 2.05) is 6.92 Å². The Labute approximate surface area is 105 Å². The van der Waals surface area contributed by atoms with Crippen LogP contribution in [-0.4, -0.2) is 33.2 Å². The number of carbonyl (C=O) groups excluding carboxylic acids is 1. The molecule has 0 spiro atoms. The number of hydrogen-bond donors (Lipinski definition) is 1. The number of pyridine rings is 1. The van der Waals surface area contributed by atoms with E-state index >= 15 is 0 Å². The molecule has 0 radical (unpaired) electrons. The molecule has 1 amide bonds. The quantitative estimate of drug-likeness (QED) is 0.913. The monoisotopic (exact) mass is 304 g/mol.